The molecule has 2 nitrogen and oxygen atoms in total. The van der Waals surface area contributed by atoms with Crippen LogP contribution in [0, 0.1) is 0 Å². The van der Waals surface area contributed by atoms with Crippen LogP contribution in [0.5, 0.6) is 0 Å². The normalized spacial score (nSPS) is 10.7. The van der Waals surface area contributed by atoms with Crippen LogP contribution in [0.1, 0.15) is 5.69 Å². The molecule has 2 aromatic carbocycles. The summed E-state index contributed by atoms with van der Waals surface area (Å²) in [6.45, 7) is 0.769. The quantitative estimate of drug-likeness (QED) is 0.759. The number of hydrogen-bond donors (Lipinski definition) is 1. The van der Waals surface area contributed by atoms with Crippen molar-refractivity contribution >= 4 is 43.7 Å². The molecule has 0 saturated carbocycles. The molecular formula is C14H11BrN2S. The SMILES string of the molecule is Brc1ccc2cc(NCc3cscn3)ccc2c1. The molecule has 3 rings (SSSR count). The number of nitrogens with zero attached hydrogens (tertiary/aromatic N) is 1. The molecule has 1 heterocycles. The Bertz CT molecular complexity index is 665. The first-order valence-corrected chi connectivity index (χ1v) is 7.35. The average Bonchev–Trinajstić information content (AvgIpc) is 2.89. The van der Waals surface area contributed by atoms with Crippen LogP contribution in [-0.4, -0.2) is 4.98 Å². The minimum absolute atomic E-state index is 0.769. The average molecular weight is 319 g/mol. The summed E-state index contributed by atoms with van der Waals surface area (Å²) >= 11 is 5.11. The summed E-state index contributed by atoms with van der Waals surface area (Å²) in [5, 5.41) is 7.92. The number of benzene rings is 2. The zero-order chi connectivity index (χ0) is 12.4. The van der Waals surface area contributed by atoms with Crippen molar-refractivity contribution in [2.45, 2.75) is 6.54 Å². The van der Waals surface area contributed by atoms with Gasteiger partial charge in [0.1, 0.15) is 0 Å². The van der Waals surface area contributed by atoms with Gasteiger partial charge >= 0.3 is 0 Å². The predicted molar refractivity (Wildman–Crippen MR) is 81.1 cm³/mol. The van der Waals surface area contributed by atoms with Gasteiger partial charge in [-0.3, -0.25) is 0 Å². The topological polar surface area (TPSA) is 24.9 Å². The monoisotopic (exact) mass is 318 g/mol. The molecule has 0 amide bonds. The van der Waals surface area contributed by atoms with Crippen LogP contribution in [0.15, 0.2) is 51.8 Å². The number of hydrogen-bond acceptors (Lipinski definition) is 3. The highest BCUT2D eigenvalue weighted by Gasteiger charge is 1.99. The molecule has 0 aliphatic heterocycles. The van der Waals surface area contributed by atoms with Gasteiger partial charge in [-0.1, -0.05) is 28.1 Å². The Morgan fingerprint density at radius 3 is 2.78 bits per heavy atom. The summed E-state index contributed by atoms with van der Waals surface area (Å²) in [6, 6.07) is 12.7. The summed E-state index contributed by atoms with van der Waals surface area (Å²) in [7, 11) is 0. The first-order valence-electron chi connectivity index (χ1n) is 5.61. The molecule has 0 radical (unpaired) electrons. The molecule has 18 heavy (non-hydrogen) atoms. The van der Waals surface area contributed by atoms with E-state index in [4.69, 9.17) is 0 Å². The Kier molecular flexibility index (Phi) is 3.30. The van der Waals surface area contributed by atoms with Gasteiger partial charge in [-0.25, -0.2) is 4.98 Å². The van der Waals surface area contributed by atoms with Gasteiger partial charge in [0.05, 0.1) is 17.7 Å². The third-order valence-corrected chi connectivity index (χ3v) is 3.89. The van der Waals surface area contributed by atoms with E-state index in [1.54, 1.807) is 11.3 Å². The molecule has 1 N–H and O–H groups in total. The van der Waals surface area contributed by atoms with Crippen LogP contribution < -0.4 is 5.32 Å². The highest BCUT2D eigenvalue weighted by Crippen LogP contribution is 2.23. The second-order valence-corrected chi connectivity index (χ2v) is 5.67. The first-order chi connectivity index (χ1) is 8.81. The van der Waals surface area contributed by atoms with Crippen LogP contribution in [0.2, 0.25) is 0 Å². The Morgan fingerprint density at radius 1 is 1.11 bits per heavy atom. The van der Waals surface area contributed by atoms with Crippen LogP contribution in [0.25, 0.3) is 10.8 Å². The zero-order valence-corrected chi connectivity index (χ0v) is 12.0. The summed E-state index contributed by atoms with van der Waals surface area (Å²) in [5.41, 5.74) is 4.06. The largest absolute Gasteiger partial charge is 0.379 e. The zero-order valence-electron chi connectivity index (χ0n) is 9.56. The number of nitrogens with one attached hydrogen (secondary N) is 1. The van der Waals surface area contributed by atoms with Crippen molar-refractivity contribution in [3.05, 3.63) is 57.5 Å². The van der Waals surface area contributed by atoms with E-state index in [1.165, 1.54) is 10.8 Å². The summed E-state index contributed by atoms with van der Waals surface area (Å²) < 4.78 is 1.11. The van der Waals surface area contributed by atoms with Gasteiger partial charge in [0.2, 0.25) is 0 Å². The van der Waals surface area contributed by atoms with Crippen molar-refractivity contribution in [1.82, 2.24) is 4.98 Å². The highest BCUT2D eigenvalue weighted by atomic mass is 79.9. The molecule has 0 atom stereocenters. The molecule has 0 saturated heterocycles. The van der Waals surface area contributed by atoms with Gasteiger partial charge in [-0.15, -0.1) is 11.3 Å². The maximum absolute atomic E-state index is 4.26. The van der Waals surface area contributed by atoms with Crippen LogP contribution in [-0.2, 0) is 6.54 Å². The van der Waals surface area contributed by atoms with Gasteiger partial charge < -0.3 is 5.32 Å². The van der Waals surface area contributed by atoms with Crippen molar-refractivity contribution in [2.24, 2.45) is 0 Å². The van der Waals surface area contributed by atoms with Crippen molar-refractivity contribution in [1.29, 1.82) is 0 Å². The minimum atomic E-state index is 0.769. The van der Waals surface area contributed by atoms with E-state index in [1.807, 2.05) is 5.51 Å². The molecular weight excluding hydrogens is 308 g/mol. The van der Waals surface area contributed by atoms with Gasteiger partial charge in [-0.05, 0) is 35.0 Å². The van der Waals surface area contributed by atoms with Crippen molar-refractivity contribution < 1.29 is 0 Å². The van der Waals surface area contributed by atoms with E-state index >= 15 is 0 Å². The molecule has 0 aliphatic carbocycles. The van der Waals surface area contributed by atoms with Gasteiger partial charge in [0, 0.05) is 15.5 Å². The van der Waals surface area contributed by atoms with E-state index in [0.29, 0.717) is 0 Å². The number of rotatable bonds is 3. The lowest BCUT2D eigenvalue weighted by Gasteiger charge is -2.06. The Balaban J connectivity index is 1.82. The maximum Gasteiger partial charge on any atom is 0.0795 e. The van der Waals surface area contributed by atoms with E-state index in [-0.39, 0.29) is 0 Å². The highest BCUT2D eigenvalue weighted by molar-refractivity contribution is 9.10. The number of aromatic nitrogens is 1. The van der Waals surface area contributed by atoms with E-state index in [9.17, 15) is 0 Å². The van der Waals surface area contributed by atoms with Crippen LogP contribution in [0.3, 0.4) is 0 Å². The smallest absolute Gasteiger partial charge is 0.0795 e. The van der Waals surface area contributed by atoms with Crippen molar-refractivity contribution in [3.8, 4) is 0 Å². The van der Waals surface area contributed by atoms with Gasteiger partial charge in [0.15, 0.2) is 0 Å². The maximum atomic E-state index is 4.26. The summed E-state index contributed by atoms with van der Waals surface area (Å²) in [5.74, 6) is 0. The minimum Gasteiger partial charge on any atom is -0.379 e. The number of thiazole rings is 1. The fraction of sp³-hybridized carbons (Fsp3) is 0.0714. The molecule has 1 aromatic heterocycles. The molecule has 0 aliphatic rings. The Labute approximate surface area is 118 Å². The van der Waals surface area contributed by atoms with Gasteiger partial charge in [0.25, 0.3) is 0 Å². The van der Waals surface area contributed by atoms with Crippen molar-refractivity contribution in [3.63, 3.8) is 0 Å². The fourth-order valence-corrected chi connectivity index (χ4v) is 2.78. The Morgan fingerprint density at radius 2 is 1.94 bits per heavy atom. The van der Waals surface area contributed by atoms with E-state index < -0.39 is 0 Å². The second-order valence-electron chi connectivity index (χ2n) is 4.04. The van der Waals surface area contributed by atoms with Crippen molar-refractivity contribution in [2.75, 3.05) is 5.32 Å². The van der Waals surface area contributed by atoms with Gasteiger partial charge in [-0.2, -0.15) is 0 Å². The predicted octanol–water partition coefficient (Wildman–Crippen LogP) is 4.67. The number of anilines is 1. The third kappa shape index (κ3) is 2.54. The van der Waals surface area contributed by atoms with Crippen LogP contribution in [0.4, 0.5) is 5.69 Å². The lowest BCUT2D eigenvalue weighted by atomic mass is 10.1. The molecule has 0 bridgehead atoms. The number of halogens is 1. The molecule has 0 spiro atoms. The summed E-state index contributed by atoms with van der Waals surface area (Å²) in [6.07, 6.45) is 0. The fourth-order valence-electron chi connectivity index (χ4n) is 1.84. The van der Waals surface area contributed by atoms with E-state index in [0.717, 1.165) is 22.4 Å². The number of fused-ring (bicyclic) bond motifs is 1. The standard InChI is InChI=1S/C14H11BrN2S/c15-12-3-1-11-6-13(4-2-10(11)5-12)16-7-14-8-18-9-17-14/h1-6,8-9,16H,7H2. The molecule has 3 aromatic rings. The Hall–Kier alpha value is -1.39. The molecule has 90 valence electrons. The second kappa shape index (κ2) is 5.08. The molecule has 4 heteroatoms. The first kappa shape index (κ1) is 11.7. The summed E-state index contributed by atoms with van der Waals surface area (Å²) in [4.78, 5) is 4.26. The lowest BCUT2D eigenvalue weighted by Crippen LogP contribution is -1.99. The molecule has 0 unspecified atom stereocenters. The lowest BCUT2D eigenvalue weighted by molar-refractivity contribution is 1.08. The third-order valence-electron chi connectivity index (χ3n) is 2.76. The van der Waals surface area contributed by atoms with E-state index in [2.05, 4.69) is 68.0 Å². The molecule has 0 fully saturated rings. The van der Waals surface area contributed by atoms with Crippen LogP contribution >= 0.6 is 27.3 Å².